The van der Waals surface area contributed by atoms with Gasteiger partial charge in [0.15, 0.2) is 0 Å². The van der Waals surface area contributed by atoms with Gasteiger partial charge in [0.1, 0.15) is 0 Å². The van der Waals surface area contributed by atoms with Gasteiger partial charge >= 0.3 is 0 Å². The van der Waals surface area contributed by atoms with Crippen LogP contribution < -0.4 is 5.73 Å². The summed E-state index contributed by atoms with van der Waals surface area (Å²) in [5, 5.41) is 1.80. The van der Waals surface area contributed by atoms with Crippen LogP contribution in [0.2, 0.25) is 0 Å². The summed E-state index contributed by atoms with van der Waals surface area (Å²) in [6.07, 6.45) is 0.933. The van der Waals surface area contributed by atoms with Gasteiger partial charge in [-0.15, -0.1) is 11.3 Å². The van der Waals surface area contributed by atoms with Crippen LogP contribution in [0.5, 0.6) is 0 Å². The fourth-order valence-corrected chi connectivity index (χ4v) is 5.15. The van der Waals surface area contributed by atoms with Gasteiger partial charge < -0.3 is 5.73 Å². The molecule has 0 amide bonds. The molecule has 0 radical (unpaired) electrons. The smallest absolute Gasteiger partial charge is 0.244 e. The molecule has 4 nitrogen and oxygen atoms in total. The first kappa shape index (κ1) is 14.0. The average molecular weight is 288 g/mol. The minimum Gasteiger partial charge on any atom is -0.326 e. The number of piperidine rings is 1. The Labute approximate surface area is 113 Å². The maximum Gasteiger partial charge on any atom is 0.244 e. The molecule has 6 heteroatoms. The SMILES string of the molecule is CC1CCN(S(=O)(=O)c2ccsc2CN)CC1C. The highest BCUT2D eigenvalue weighted by atomic mass is 32.2. The molecular formula is C12H20N2O2S2. The van der Waals surface area contributed by atoms with E-state index in [-0.39, 0.29) is 6.54 Å². The number of sulfonamides is 1. The van der Waals surface area contributed by atoms with E-state index in [0.29, 0.717) is 29.8 Å². The molecule has 0 saturated carbocycles. The van der Waals surface area contributed by atoms with Gasteiger partial charge in [-0.25, -0.2) is 8.42 Å². The van der Waals surface area contributed by atoms with Crippen LogP contribution >= 0.6 is 11.3 Å². The zero-order valence-corrected chi connectivity index (χ0v) is 12.4. The highest BCUT2D eigenvalue weighted by Crippen LogP contribution is 2.30. The summed E-state index contributed by atoms with van der Waals surface area (Å²) >= 11 is 1.41. The van der Waals surface area contributed by atoms with E-state index in [4.69, 9.17) is 5.73 Å². The Morgan fingerprint density at radius 1 is 1.44 bits per heavy atom. The lowest BCUT2D eigenvalue weighted by molar-refractivity contribution is 0.212. The van der Waals surface area contributed by atoms with Crippen LogP contribution in [0.1, 0.15) is 25.1 Å². The first-order valence-corrected chi connectivity index (χ1v) is 8.55. The van der Waals surface area contributed by atoms with Crippen LogP contribution in [0.15, 0.2) is 16.3 Å². The topological polar surface area (TPSA) is 63.4 Å². The van der Waals surface area contributed by atoms with Crippen molar-refractivity contribution >= 4 is 21.4 Å². The molecule has 0 aromatic carbocycles. The van der Waals surface area contributed by atoms with Gasteiger partial charge in [-0.2, -0.15) is 4.31 Å². The molecule has 1 aliphatic rings. The largest absolute Gasteiger partial charge is 0.326 e. The molecular weight excluding hydrogens is 268 g/mol. The van der Waals surface area contributed by atoms with Crippen LogP contribution in [0, 0.1) is 11.8 Å². The summed E-state index contributed by atoms with van der Waals surface area (Å²) in [6.45, 7) is 5.82. The van der Waals surface area contributed by atoms with Gasteiger partial charge in [0.05, 0.1) is 4.90 Å². The number of hydrogen-bond donors (Lipinski definition) is 1. The van der Waals surface area contributed by atoms with E-state index < -0.39 is 10.0 Å². The molecule has 102 valence electrons. The van der Waals surface area contributed by atoms with Crippen LogP contribution in [-0.2, 0) is 16.6 Å². The van der Waals surface area contributed by atoms with Crippen LogP contribution in [-0.4, -0.2) is 25.8 Å². The van der Waals surface area contributed by atoms with Crippen molar-refractivity contribution < 1.29 is 8.42 Å². The van der Waals surface area contributed by atoms with Gasteiger partial charge in [0, 0.05) is 24.5 Å². The van der Waals surface area contributed by atoms with Gasteiger partial charge in [0.25, 0.3) is 0 Å². The molecule has 1 saturated heterocycles. The summed E-state index contributed by atoms with van der Waals surface area (Å²) < 4.78 is 26.7. The van der Waals surface area contributed by atoms with Crippen molar-refractivity contribution in [2.45, 2.75) is 31.7 Å². The summed E-state index contributed by atoms with van der Waals surface area (Å²) in [6, 6.07) is 1.67. The lowest BCUT2D eigenvalue weighted by atomic mass is 9.90. The van der Waals surface area contributed by atoms with E-state index in [9.17, 15) is 8.42 Å². The lowest BCUT2D eigenvalue weighted by Crippen LogP contribution is -2.42. The number of nitrogens with two attached hydrogens (primary N) is 1. The number of hydrogen-bond acceptors (Lipinski definition) is 4. The molecule has 1 aromatic heterocycles. The van der Waals surface area contributed by atoms with E-state index in [1.807, 2.05) is 0 Å². The van der Waals surface area contributed by atoms with E-state index in [2.05, 4.69) is 13.8 Å². The fraction of sp³-hybridized carbons (Fsp3) is 0.667. The quantitative estimate of drug-likeness (QED) is 0.923. The van der Waals surface area contributed by atoms with Crippen molar-refractivity contribution in [2.24, 2.45) is 17.6 Å². The number of thiophene rings is 1. The van der Waals surface area contributed by atoms with Crippen molar-refractivity contribution in [3.8, 4) is 0 Å². The highest BCUT2D eigenvalue weighted by molar-refractivity contribution is 7.89. The Bertz CT molecular complexity index is 510. The van der Waals surface area contributed by atoms with Gasteiger partial charge in [-0.1, -0.05) is 13.8 Å². The van der Waals surface area contributed by atoms with Crippen molar-refractivity contribution in [3.05, 3.63) is 16.3 Å². The van der Waals surface area contributed by atoms with E-state index >= 15 is 0 Å². The second-order valence-electron chi connectivity index (χ2n) is 5.02. The first-order chi connectivity index (χ1) is 8.46. The Kier molecular flexibility index (Phi) is 4.11. The maximum atomic E-state index is 12.6. The van der Waals surface area contributed by atoms with Gasteiger partial charge in [-0.05, 0) is 29.7 Å². The molecule has 0 aliphatic carbocycles. The molecule has 2 unspecified atom stereocenters. The molecule has 1 fully saturated rings. The first-order valence-electron chi connectivity index (χ1n) is 6.23. The summed E-state index contributed by atoms with van der Waals surface area (Å²) in [5.74, 6) is 1.00. The number of nitrogens with zero attached hydrogens (tertiary/aromatic N) is 1. The second kappa shape index (κ2) is 5.28. The molecule has 2 atom stereocenters. The Balaban J connectivity index is 2.27. The van der Waals surface area contributed by atoms with Gasteiger partial charge in [-0.3, -0.25) is 0 Å². The molecule has 2 N–H and O–H groups in total. The Hall–Kier alpha value is -0.430. The molecule has 2 heterocycles. The maximum absolute atomic E-state index is 12.6. The Morgan fingerprint density at radius 3 is 2.78 bits per heavy atom. The minimum atomic E-state index is -3.35. The van der Waals surface area contributed by atoms with Crippen molar-refractivity contribution in [1.82, 2.24) is 4.31 Å². The van der Waals surface area contributed by atoms with E-state index in [1.54, 1.807) is 15.8 Å². The molecule has 0 bridgehead atoms. The summed E-state index contributed by atoms with van der Waals surface area (Å²) in [4.78, 5) is 1.15. The Morgan fingerprint density at radius 2 is 2.17 bits per heavy atom. The monoisotopic (exact) mass is 288 g/mol. The van der Waals surface area contributed by atoms with Crippen molar-refractivity contribution in [2.75, 3.05) is 13.1 Å². The molecule has 1 aliphatic heterocycles. The van der Waals surface area contributed by atoms with E-state index in [0.717, 1.165) is 11.3 Å². The normalized spacial score (nSPS) is 26.4. The third-order valence-corrected chi connectivity index (χ3v) is 6.83. The highest BCUT2D eigenvalue weighted by Gasteiger charge is 2.33. The fourth-order valence-electron chi connectivity index (χ4n) is 2.29. The standard InChI is InChI=1S/C12H20N2O2S2/c1-9-3-5-14(8-10(9)2)18(15,16)12-4-6-17-11(12)7-13/h4,6,9-10H,3,5,7-8,13H2,1-2H3. The summed E-state index contributed by atoms with van der Waals surface area (Å²) in [7, 11) is -3.35. The molecule has 2 rings (SSSR count). The van der Waals surface area contributed by atoms with Crippen LogP contribution in [0.3, 0.4) is 0 Å². The zero-order chi connectivity index (χ0) is 13.3. The lowest BCUT2D eigenvalue weighted by Gasteiger charge is -2.34. The predicted molar refractivity (Wildman–Crippen MR) is 73.9 cm³/mol. The van der Waals surface area contributed by atoms with E-state index in [1.165, 1.54) is 11.3 Å². The zero-order valence-electron chi connectivity index (χ0n) is 10.8. The third kappa shape index (κ3) is 2.47. The van der Waals surface area contributed by atoms with Crippen molar-refractivity contribution in [3.63, 3.8) is 0 Å². The average Bonchev–Trinajstić information content (AvgIpc) is 2.81. The van der Waals surface area contributed by atoms with Crippen LogP contribution in [0.4, 0.5) is 0 Å². The second-order valence-corrected chi connectivity index (χ2v) is 7.93. The molecule has 18 heavy (non-hydrogen) atoms. The molecule has 1 aromatic rings. The predicted octanol–water partition coefficient (Wildman–Crippen LogP) is 1.87. The summed E-state index contributed by atoms with van der Waals surface area (Å²) in [5.41, 5.74) is 5.60. The van der Waals surface area contributed by atoms with Crippen molar-refractivity contribution in [1.29, 1.82) is 0 Å². The number of rotatable bonds is 3. The minimum absolute atomic E-state index is 0.284. The third-order valence-electron chi connectivity index (χ3n) is 3.80. The molecule has 0 spiro atoms. The van der Waals surface area contributed by atoms with Gasteiger partial charge in [0.2, 0.25) is 10.0 Å². The van der Waals surface area contributed by atoms with Crippen LogP contribution in [0.25, 0.3) is 0 Å².